The normalized spacial score (nSPS) is 34.0. The molecule has 0 spiro atoms. The van der Waals surface area contributed by atoms with Crippen LogP contribution in [0.2, 0.25) is 0 Å². The first-order chi connectivity index (χ1) is 8.20. The predicted octanol–water partition coefficient (Wildman–Crippen LogP) is 2.15. The zero-order chi connectivity index (χ0) is 12.3. The third-order valence-corrected chi connectivity index (χ3v) is 4.49. The Morgan fingerprint density at radius 1 is 1.29 bits per heavy atom. The molecule has 3 nitrogen and oxygen atoms in total. The summed E-state index contributed by atoms with van der Waals surface area (Å²) in [5.74, 6) is 1.82. The minimum Gasteiger partial charge on any atom is -0.338 e. The van der Waals surface area contributed by atoms with Crippen molar-refractivity contribution >= 4 is 5.91 Å². The van der Waals surface area contributed by atoms with Crippen LogP contribution in [0.4, 0.5) is 0 Å². The van der Waals surface area contributed by atoms with Gasteiger partial charge >= 0.3 is 0 Å². The Morgan fingerprint density at radius 3 is 2.76 bits per heavy atom. The van der Waals surface area contributed by atoms with Crippen molar-refractivity contribution in [1.29, 1.82) is 0 Å². The fourth-order valence-corrected chi connectivity index (χ4v) is 3.45. The van der Waals surface area contributed by atoms with Crippen LogP contribution in [-0.4, -0.2) is 29.9 Å². The summed E-state index contributed by atoms with van der Waals surface area (Å²) in [6.45, 7) is 3.86. The number of rotatable bonds is 3. The van der Waals surface area contributed by atoms with Gasteiger partial charge in [-0.3, -0.25) is 4.79 Å². The van der Waals surface area contributed by atoms with Crippen LogP contribution in [0, 0.1) is 11.8 Å². The van der Waals surface area contributed by atoms with E-state index in [-0.39, 0.29) is 0 Å². The van der Waals surface area contributed by atoms with Gasteiger partial charge in [-0.25, -0.2) is 0 Å². The van der Waals surface area contributed by atoms with E-state index >= 15 is 0 Å². The van der Waals surface area contributed by atoms with Crippen molar-refractivity contribution < 1.29 is 4.79 Å². The molecule has 98 valence electrons. The number of carbonyl (C=O) groups excluding carboxylic acids is 1. The molecule has 1 aliphatic carbocycles. The summed E-state index contributed by atoms with van der Waals surface area (Å²) in [6, 6.07) is 0.315. The summed E-state index contributed by atoms with van der Waals surface area (Å²) in [5.41, 5.74) is 5.77. The molecule has 3 atom stereocenters. The summed E-state index contributed by atoms with van der Waals surface area (Å²) in [4.78, 5) is 14.4. The Hall–Kier alpha value is -0.570. The quantitative estimate of drug-likeness (QED) is 0.819. The van der Waals surface area contributed by atoms with Gasteiger partial charge in [0.15, 0.2) is 0 Å². The number of piperidine rings is 1. The number of hydrogen-bond acceptors (Lipinski definition) is 2. The number of carbonyl (C=O) groups is 1. The second kappa shape index (κ2) is 5.85. The van der Waals surface area contributed by atoms with Crippen LogP contribution in [-0.2, 0) is 4.79 Å². The molecule has 0 bridgehead atoms. The van der Waals surface area contributed by atoms with Crippen LogP contribution in [0.15, 0.2) is 0 Å². The summed E-state index contributed by atoms with van der Waals surface area (Å²) in [6.07, 6.45) is 8.04. The highest BCUT2D eigenvalue weighted by Gasteiger charge is 2.29. The Bertz CT molecular complexity index is 267. The van der Waals surface area contributed by atoms with E-state index in [9.17, 15) is 4.79 Å². The fraction of sp³-hybridized carbons (Fsp3) is 0.929. The van der Waals surface area contributed by atoms with Crippen LogP contribution in [0.1, 0.15) is 51.9 Å². The lowest BCUT2D eigenvalue weighted by molar-refractivity contribution is -0.135. The smallest absolute Gasteiger partial charge is 0.223 e. The first kappa shape index (κ1) is 12.9. The molecular formula is C14H26N2O. The minimum absolute atomic E-state index is 0.315. The number of nitrogens with zero attached hydrogens (tertiary/aromatic N) is 1. The van der Waals surface area contributed by atoms with Gasteiger partial charge in [0.05, 0.1) is 0 Å². The molecule has 2 fully saturated rings. The predicted molar refractivity (Wildman–Crippen MR) is 69.5 cm³/mol. The molecule has 17 heavy (non-hydrogen) atoms. The van der Waals surface area contributed by atoms with Crippen molar-refractivity contribution in [2.24, 2.45) is 17.6 Å². The van der Waals surface area contributed by atoms with Gasteiger partial charge in [0, 0.05) is 25.6 Å². The molecule has 3 heteroatoms. The second-order valence-electron chi connectivity index (χ2n) is 5.96. The maximum absolute atomic E-state index is 12.3. The number of likely N-dealkylation sites (tertiary alicyclic amines) is 1. The molecule has 1 amide bonds. The van der Waals surface area contributed by atoms with Crippen molar-refractivity contribution in [3.8, 4) is 0 Å². The van der Waals surface area contributed by atoms with Crippen molar-refractivity contribution in [3.63, 3.8) is 0 Å². The van der Waals surface area contributed by atoms with E-state index in [1.165, 1.54) is 25.7 Å². The van der Waals surface area contributed by atoms with Gasteiger partial charge in [-0.05, 0) is 43.9 Å². The minimum atomic E-state index is 0.315. The maximum atomic E-state index is 12.3. The molecule has 0 radical (unpaired) electrons. The maximum Gasteiger partial charge on any atom is 0.223 e. The van der Waals surface area contributed by atoms with E-state index in [0.29, 0.717) is 24.4 Å². The molecule has 1 saturated heterocycles. The molecular weight excluding hydrogens is 212 g/mol. The second-order valence-corrected chi connectivity index (χ2v) is 5.96. The summed E-state index contributed by atoms with van der Waals surface area (Å²) >= 11 is 0. The number of nitrogens with two attached hydrogens (primary N) is 1. The van der Waals surface area contributed by atoms with Gasteiger partial charge in [-0.15, -0.1) is 0 Å². The van der Waals surface area contributed by atoms with E-state index in [4.69, 9.17) is 5.73 Å². The summed E-state index contributed by atoms with van der Waals surface area (Å²) in [5, 5.41) is 0. The lowest BCUT2D eigenvalue weighted by atomic mass is 9.98. The van der Waals surface area contributed by atoms with Crippen molar-refractivity contribution in [2.75, 3.05) is 13.1 Å². The monoisotopic (exact) mass is 238 g/mol. The molecule has 1 aliphatic heterocycles. The van der Waals surface area contributed by atoms with Crippen LogP contribution in [0.3, 0.4) is 0 Å². The van der Waals surface area contributed by atoms with Crippen molar-refractivity contribution in [2.45, 2.75) is 57.9 Å². The Morgan fingerprint density at radius 2 is 2.12 bits per heavy atom. The van der Waals surface area contributed by atoms with Gasteiger partial charge in [0.2, 0.25) is 5.91 Å². The van der Waals surface area contributed by atoms with Crippen molar-refractivity contribution in [1.82, 2.24) is 4.90 Å². The van der Waals surface area contributed by atoms with Crippen LogP contribution in [0.25, 0.3) is 0 Å². The van der Waals surface area contributed by atoms with Gasteiger partial charge in [-0.2, -0.15) is 0 Å². The SMILES string of the molecule is C[C@@H]1CC[C@H](CC(=O)N2CCCC[C@H]2CN)C1. The lowest BCUT2D eigenvalue weighted by Gasteiger charge is -2.35. The topological polar surface area (TPSA) is 46.3 Å². The largest absolute Gasteiger partial charge is 0.338 e. The first-order valence-corrected chi connectivity index (χ1v) is 7.20. The molecule has 1 saturated carbocycles. The molecule has 0 aromatic carbocycles. The van der Waals surface area contributed by atoms with Crippen molar-refractivity contribution in [3.05, 3.63) is 0 Å². The Balaban J connectivity index is 1.85. The lowest BCUT2D eigenvalue weighted by Crippen LogP contribution is -2.47. The highest BCUT2D eigenvalue weighted by molar-refractivity contribution is 5.77. The highest BCUT2D eigenvalue weighted by atomic mass is 16.2. The molecule has 1 heterocycles. The first-order valence-electron chi connectivity index (χ1n) is 7.20. The average Bonchev–Trinajstić information content (AvgIpc) is 2.74. The number of amides is 1. The van der Waals surface area contributed by atoms with Crippen LogP contribution in [0.5, 0.6) is 0 Å². The average molecular weight is 238 g/mol. The standard InChI is InChI=1S/C14H26N2O/c1-11-5-6-12(8-11)9-14(17)16-7-3-2-4-13(16)10-15/h11-13H,2-10,15H2,1H3/t11-,12+,13+/m1/s1. The zero-order valence-corrected chi connectivity index (χ0v) is 11.0. The Kier molecular flexibility index (Phi) is 4.43. The van der Waals surface area contributed by atoms with E-state index in [0.717, 1.165) is 31.7 Å². The third-order valence-electron chi connectivity index (χ3n) is 4.49. The summed E-state index contributed by atoms with van der Waals surface area (Å²) in [7, 11) is 0. The zero-order valence-electron chi connectivity index (χ0n) is 11.0. The van der Waals surface area contributed by atoms with Gasteiger partial charge in [0.25, 0.3) is 0 Å². The fourth-order valence-electron chi connectivity index (χ4n) is 3.45. The molecule has 2 rings (SSSR count). The van der Waals surface area contributed by atoms with E-state index in [1.807, 2.05) is 0 Å². The van der Waals surface area contributed by atoms with Crippen LogP contribution < -0.4 is 5.73 Å². The Labute approximate surface area is 105 Å². The van der Waals surface area contributed by atoms with E-state index in [1.54, 1.807) is 0 Å². The third kappa shape index (κ3) is 3.21. The van der Waals surface area contributed by atoms with Gasteiger partial charge in [0.1, 0.15) is 0 Å². The van der Waals surface area contributed by atoms with E-state index < -0.39 is 0 Å². The van der Waals surface area contributed by atoms with E-state index in [2.05, 4.69) is 11.8 Å². The molecule has 2 N–H and O–H groups in total. The highest BCUT2D eigenvalue weighted by Crippen LogP contribution is 2.33. The van der Waals surface area contributed by atoms with Gasteiger partial charge < -0.3 is 10.6 Å². The van der Waals surface area contributed by atoms with Gasteiger partial charge in [-0.1, -0.05) is 13.3 Å². The molecule has 0 aromatic heterocycles. The number of hydrogen-bond donors (Lipinski definition) is 1. The van der Waals surface area contributed by atoms with Crippen LogP contribution >= 0.6 is 0 Å². The molecule has 2 aliphatic rings. The molecule has 0 unspecified atom stereocenters. The summed E-state index contributed by atoms with van der Waals surface area (Å²) < 4.78 is 0. The molecule has 0 aromatic rings.